The van der Waals surface area contributed by atoms with Gasteiger partial charge in [0.1, 0.15) is 5.84 Å². The lowest BCUT2D eigenvalue weighted by molar-refractivity contribution is 0.133. The molecule has 3 atom stereocenters. The zero-order chi connectivity index (χ0) is 13.6. The van der Waals surface area contributed by atoms with Crippen molar-refractivity contribution in [1.29, 1.82) is 5.41 Å². The summed E-state index contributed by atoms with van der Waals surface area (Å²) in [6.45, 7) is 1.78. The molecular weight excluding hydrogens is 262 g/mol. The van der Waals surface area contributed by atoms with E-state index in [1.54, 1.807) is 6.07 Å². The summed E-state index contributed by atoms with van der Waals surface area (Å²) in [6.07, 6.45) is 1.83. The lowest BCUT2D eigenvalue weighted by Crippen LogP contribution is -2.27. The predicted molar refractivity (Wildman–Crippen MR) is 76.9 cm³/mol. The molecule has 1 aromatic carbocycles. The molecule has 2 aliphatic rings. The van der Waals surface area contributed by atoms with Crippen molar-refractivity contribution in [2.24, 2.45) is 17.6 Å². The first-order valence-electron chi connectivity index (χ1n) is 6.63. The highest BCUT2D eigenvalue weighted by Gasteiger charge is 2.42. The number of aliphatic hydroxyl groups excluding tert-OH is 1. The van der Waals surface area contributed by atoms with E-state index in [1.807, 2.05) is 12.1 Å². The molecule has 0 bridgehead atoms. The third-order valence-electron chi connectivity index (χ3n) is 4.41. The fourth-order valence-corrected chi connectivity index (χ4v) is 3.61. The molecule has 1 saturated heterocycles. The minimum atomic E-state index is -0.178. The van der Waals surface area contributed by atoms with Crippen LogP contribution in [0.1, 0.15) is 18.4 Å². The third-order valence-corrected chi connectivity index (χ3v) is 4.64. The molecule has 4 N–H and O–H groups in total. The quantitative estimate of drug-likeness (QED) is 0.571. The van der Waals surface area contributed by atoms with Gasteiger partial charge in [-0.05, 0) is 37.0 Å². The lowest BCUT2D eigenvalue weighted by Gasteiger charge is -2.23. The van der Waals surface area contributed by atoms with E-state index in [0.29, 0.717) is 22.4 Å². The minimum absolute atomic E-state index is 0.0371. The van der Waals surface area contributed by atoms with Gasteiger partial charge >= 0.3 is 0 Å². The molecule has 5 heteroatoms. The lowest BCUT2D eigenvalue weighted by atomic mass is 10.00. The maximum atomic E-state index is 9.97. The summed E-state index contributed by atoms with van der Waals surface area (Å²) in [5.41, 5.74) is 7.28. The molecule has 0 aromatic heterocycles. The Balaban J connectivity index is 1.90. The highest BCUT2D eigenvalue weighted by atomic mass is 35.5. The van der Waals surface area contributed by atoms with Gasteiger partial charge in [-0.2, -0.15) is 0 Å². The average Bonchev–Trinajstić information content (AvgIpc) is 2.92. The highest BCUT2D eigenvalue weighted by Crippen LogP contribution is 2.40. The molecule has 2 fully saturated rings. The van der Waals surface area contributed by atoms with E-state index in [-0.39, 0.29) is 11.9 Å². The first-order valence-corrected chi connectivity index (χ1v) is 7.01. The average molecular weight is 280 g/mol. The van der Waals surface area contributed by atoms with Crippen LogP contribution in [0, 0.1) is 17.2 Å². The largest absolute Gasteiger partial charge is 0.393 e. The van der Waals surface area contributed by atoms with E-state index in [1.165, 1.54) is 0 Å². The summed E-state index contributed by atoms with van der Waals surface area (Å²) in [5, 5.41) is 18.2. The molecular formula is C14H18ClN3O. The summed E-state index contributed by atoms with van der Waals surface area (Å²) >= 11 is 5.98. The Kier molecular flexibility index (Phi) is 3.15. The maximum absolute atomic E-state index is 9.97. The van der Waals surface area contributed by atoms with Gasteiger partial charge in [-0.25, -0.2) is 0 Å². The van der Waals surface area contributed by atoms with Crippen molar-refractivity contribution in [2.75, 3.05) is 18.0 Å². The molecule has 3 rings (SSSR count). The SMILES string of the molecule is N=C(N)c1cc(Cl)ccc1N1CC2CCC(O)C2C1. The topological polar surface area (TPSA) is 73.3 Å². The molecule has 1 aromatic rings. The van der Waals surface area contributed by atoms with Crippen molar-refractivity contribution in [3.05, 3.63) is 28.8 Å². The van der Waals surface area contributed by atoms with Crippen molar-refractivity contribution in [2.45, 2.75) is 18.9 Å². The van der Waals surface area contributed by atoms with Crippen molar-refractivity contribution in [1.82, 2.24) is 0 Å². The van der Waals surface area contributed by atoms with E-state index in [9.17, 15) is 5.11 Å². The van der Waals surface area contributed by atoms with E-state index >= 15 is 0 Å². The fraction of sp³-hybridized carbons (Fsp3) is 0.500. The summed E-state index contributed by atoms with van der Waals surface area (Å²) < 4.78 is 0. The van der Waals surface area contributed by atoms with Gasteiger partial charge in [0.2, 0.25) is 0 Å². The second-order valence-corrected chi connectivity index (χ2v) is 5.99. The van der Waals surface area contributed by atoms with Crippen LogP contribution in [0.4, 0.5) is 5.69 Å². The Bertz CT molecular complexity index is 519. The van der Waals surface area contributed by atoms with E-state index < -0.39 is 0 Å². The van der Waals surface area contributed by atoms with Gasteiger partial charge in [0.05, 0.1) is 6.10 Å². The molecule has 19 heavy (non-hydrogen) atoms. The summed E-state index contributed by atoms with van der Waals surface area (Å²) in [4.78, 5) is 2.23. The predicted octanol–water partition coefficient (Wildman–Crippen LogP) is 1.83. The van der Waals surface area contributed by atoms with Crippen LogP contribution in [0.5, 0.6) is 0 Å². The Hall–Kier alpha value is -1.26. The standard InChI is InChI=1S/C14H18ClN3O/c15-9-2-3-12(10(5-9)14(16)17)18-6-8-1-4-13(19)11(8)7-18/h2-3,5,8,11,13,19H,1,4,6-7H2,(H3,16,17). The van der Waals surface area contributed by atoms with Crippen LogP contribution < -0.4 is 10.6 Å². The molecule has 1 saturated carbocycles. The monoisotopic (exact) mass is 279 g/mol. The van der Waals surface area contributed by atoms with Crippen LogP contribution in [0.25, 0.3) is 0 Å². The summed E-state index contributed by atoms with van der Waals surface area (Å²) in [7, 11) is 0. The minimum Gasteiger partial charge on any atom is -0.393 e. The van der Waals surface area contributed by atoms with Crippen LogP contribution in [0.2, 0.25) is 5.02 Å². The molecule has 1 aliphatic heterocycles. The number of nitrogens with zero attached hydrogens (tertiary/aromatic N) is 1. The van der Waals surface area contributed by atoms with Crippen LogP contribution >= 0.6 is 11.6 Å². The number of hydrogen-bond donors (Lipinski definition) is 3. The molecule has 102 valence electrons. The molecule has 1 aliphatic carbocycles. The number of nitrogen functional groups attached to an aromatic ring is 1. The van der Waals surface area contributed by atoms with Gasteiger partial charge in [0.15, 0.2) is 0 Å². The van der Waals surface area contributed by atoms with Crippen LogP contribution in [-0.4, -0.2) is 30.1 Å². The highest BCUT2D eigenvalue weighted by molar-refractivity contribution is 6.31. The van der Waals surface area contributed by atoms with Crippen molar-refractivity contribution in [3.8, 4) is 0 Å². The van der Waals surface area contributed by atoms with Crippen molar-refractivity contribution >= 4 is 23.1 Å². The molecule has 0 spiro atoms. The Morgan fingerprint density at radius 2 is 2.16 bits per heavy atom. The second-order valence-electron chi connectivity index (χ2n) is 5.55. The Morgan fingerprint density at radius 3 is 2.84 bits per heavy atom. The Morgan fingerprint density at radius 1 is 1.37 bits per heavy atom. The molecule has 0 radical (unpaired) electrons. The zero-order valence-corrected chi connectivity index (χ0v) is 11.4. The number of nitrogens with two attached hydrogens (primary N) is 1. The molecule has 3 unspecified atom stereocenters. The van der Waals surface area contributed by atoms with Gasteiger partial charge in [-0.3, -0.25) is 5.41 Å². The number of benzene rings is 1. The third kappa shape index (κ3) is 2.19. The number of amidine groups is 1. The maximum Gasteiger partial charge on any atom is 0.124 e. The van der Waals surface area contributed by atoms with E-state index in [4.69, 9.17) is 22.7 Å². The van der Waals surface area contributed by atoms with E-state index in [2.05, 4.69) is 4.90 Å². The van der Waals surface area contributed by atoms with Gasteiger partial charge in [0, 0.05) is 35.3 Å². The van der Waals surface area contributed by atoms with Crippen LogP contribution in [-0.2, 0) is 0 Å². The van der Waals surface area contributed by atoms with Crippen LogP contribution in [0.15, 0.2) is 18.2 Å². The number of anilines is 1. The number of hydrogen-bond acceptors (Lipinski definition) is 3. The molecule has 4 nitrogen and oxygen atoms in total. The number of fused-ring (bicyclic) bond motifs is 1. The van der Waals surface area contributed by atoms with Gasteiger partial charge < -0.3 is 15.7 Å². The van der Waals surface area contributed by atoms with Gasteiger partial charge in [-0.1, -0.05) is 11.6 Å². The first-order chi connectivity index (χ1) is 9.06. The second kappa shape index (κ2) is 4.69. The first kappa shape index (κ1) is 12.8. The van der Waals surface area contributed by atoms with Crippen molar-refractivity contribution in [3.63, 3.8) is 0 Å². The smallest absolute Gasteiger partial charge is 0.124 e. The normalized spacial score (nSPS) is 29.6. The summed E-state index contributed by atoms with van der Waals surface area (Å²) in [6, 6.07) is 5.49. The van der Waals surface area contributed by atoms with Crippen molar-refractivity contribution < 1.29 is 5.11 Å². The Labute approximate surface area is 117 Å². The fourth-order valence-electron chi connectivity index (χ4n) is 3.43. The number of halogens is 1. The van der Waals surface area contributed by atoms with E-state index in [0.717, 1.165) is 31.6 Å². The number of nitrogens with one attached hydrogen (secondary N) is 1. The summed E-state index contributed by atoms with van der Waals surface area (Å²) in [5.74, 6) is 0.955. The molecule has 0 amide bonds. The molecule has 1 heterocycles. The zero-order valence-electron chi connectivity index (χ0n) is 10.6. The number of aliphatic hydroxyl groups is 1. The van der Waals surface area contributed by atoms with Gasteiger partial charge in [-0.15, -0.1) is 0 Å². The van der Waals surface area contributed by atoms with Crippen LogP contribution in [0.3, 0.4) is 0 Å². The van der Waals surface area contributed by atoms with Gasteiger partial charge in [0.25, 0.3) is 0 Å². The number of rotatable bonds is 2.